The molecular weight excluding hydrogens is 302 g/mol. The Kier molecular flexibility index (Phi) is 4.11. The zero-order valence-corrected chi connectivity index (χ0v) is 12.5. The van der Waals surface area contributed by atoms with E-state index in [9.17, 15) is 17.2 Å². The minimum Gasteiger partial charge on any atom is -0.360 e. The Morgan fingerprint density at radius 3 is 2.48 bits per heavy atom. The molecule has 0 aliphatic carbocycles. The van der Waals surface area contributed by atoms with E-state index in [1.165, 1.54) is 26.8 Å². The number of sulfonamides is 1. The Labute approximate surface area is 121 Å². The summed E-state index contributed by atoms with van der Waals surface area (Å²) in [6, 6.07) is 2.10. The first-order valence-corrected chi connectivity index (χ1v) is 7.61. The lowest BCUT2D eigenvalue weighted by molar-refractivity contribution is 0.390. The summed E-state index contributed by atoms with van der Waals surface area (Å²) in [5.74, 6) is -1.40. The highest BCUT2D eigenvalue weighted by Crippen LogP contribution is 2.23. The molecule has 0 bridgehead atoms. The van der Waals surface area contributed by atoms with Gasteiger partial charge in [0.05, 0.1) is 0 Å². The van der Waals surface area contributed by atoms with E-state index in [2.05, 4.69) is 9.88 Å². The zero-order chi connectivity index (χ0) is 15.8. The van der Waals surface area contributed by atoms with Gasteiger partial charge in [-0.3, -0.25) is 0 Å². The van der Waals surface area contributed by atoms with Crippen LogP contribution in [0.4, 0.5) is 8.78 Å². The van der Waals surface area contributed by atoms with Crippen molar-refractivity contribution < 1.29 is 21.7 Å². The fraction of sp³-hybridized carbons (Fsp3) is 0.308. The van der Waals surface area contributed by atoms with E-state index in [0.717, 1.165) is 6.07 Å². The smallest absolute Gasteiger partial charge is 0.246 e. The van der Waals surface area contributed by atoms with E-state index < -0.39 is 27.7 Å². The average molecular weight is 316 g/mol. The van der Waals surface area contributed by atoms with Crippen molar-refractivity contribution in [3.8, 4) is 0 Å². The Bertz CT molecular complexity index is 752. The standard InChI is InChI=1S/C13H14F2N2O3S/c1-7(11-5-4-10(14)6-12(11)15)17-21(18,19)13-8(2)16-20-9(13)3/h4-7,17H,1-3H3/t7-/m1/s1. The molecule has 0 unspecified atom stereocenters. The first-order chi connectivity index (χ1) is 9.72. The van der Waals surface area contributed by atoms with Gasteiger partial charge in [0.25, 0.3) is 0 Å². The van der Waals surface area contributed by atoms with Crippen LogP contribution in [0.3, 0.4) is 0 Å². The molecule has 2 rings (SSSR count). The topological polar surface area (TPSA) is 72.2 Å². The van der Waals surface area contributed by atoms with Gasteiger partial charge in [0.1, 0.15) is 22.2 Å². The molecule has 1 N–H and O–H groups in total. The summed E-state index contributed by atoms with van der Waals surface area (Å²) in [5, 5.41) is 3.57. The SMILES string of the molecule is Cc1noc(C)c1S(=O)(=O)N[C@H](C)c1ccc(F)cc1F. The van der Waals surface area contributed by atoms with Crippen LogP contribution in [0.15, 0.2) is 27.6 Å². The van der Waals surface area contributed by atoms with E-state index in [0.29, 0.717) is 6.07 Å². The largest absolute Gasteiger partial charge is 0.360 e. The summed E-state index contributed by atoms with van der Waals surface area (Å²) < 4.78 is 58.3. The lowest BCUT2D eigenvalue weighted by atomic mass is 10.1. The molecule has 114 valence electrons. The molecule has 0 spiro atoms. The monoisotopic (exact) mass is 316 g/mol. The van der Waals surface area contributed by atoms with Crippen molar-refractivity contribution in [2.24, 2.45) is 0 Å². The quantitative estimate of drug-likeness (QED) is 0.941. The number of aryl methyl sites for hydroxylation is 2. The molecule has 21 heavy (non-hydrogen) atoms. The maximum Gasteiger partial charge on any atom is 0.246 e. The molecule has 1 atom stereocenters. The highest BCUT2D eigenvalue weighted by molar-refractivity contribution is 7.89. The van der Waals surface area contributed by atoms with Crippen molar-refractivity contribution in [2.45, 2.75) is 31.7 Å². The number of aromatic nitrogens is 1. The fourth-order valence-electron chi connectivity index (χ4n) is 2.07. The maximum atomic E-state index is 13.7. The van der Waals surface area contributed by atoms with E-state index >= 15 is 0 Å². The summed E-state index contributed by atoms with van der Waals surface area (Å²) >= 11 is 0. The van der Waals surface area contributed by atoms with E-state index in [1.54, 1.807) is 0 Å². The summed E-state index contributed by atoms with van der Waals surface area (Å²) in [7, 11) is -3.92. The summed E-state index contributed by atoms with van der Waals surface area (Å²) in [6.45, 7) is 4.43. The first-order valence-electron chi connectivity index (χ1n) is 6.12. The highest BCUT2D eigenvalue weighted by Gasteiger charge is 2.27. The molecule has 1 aromatic carbocycles. The fourth-order valence-corrected chi connectivity index (χ4v) is 3.62. The van der Waals surface area contributed by atoms with Crippen LogP contribution in [0.1, 0.15) is 30.0 Å². The van der Waals surface area contributed by atoms with Crippen LogP contribution >= 0.6 is 0 Å². The third-order valence-corrected chi connectivity index (χ3v) is 4.78. The Morgan fingerprint density at radius 2 is 1.95 bits per heavy atom. The van der Waals surface area contributed by atoms with E-state index in [4.69, 9.17) is 4.52 Å². The number of hydrogen-bond acceptors (Lipinski definition) is 4. The molecule has 1 heterocycles. The van der Waals surface area contributed by atoms with Crippen LogP contribution in [0.25, 0.3) is 0 Å². The van der Waals surface area contributed by atoms with Gasteiger partial charge in [0.2, 0.25) is 10.0 Å². The zero-order valence-electron chi connectivity index (χ0n) is 11.6. The summed E-state index contributed by atoms with van der Waals surface area (Å²) in [5.41, 5.74) is 0.263. The minimum atomic E-state index is -3.92. The average Bonchev–Trinajstić information content (AvgIpc) is 2.68. The molecule has 1 aromatic heterocycles. The van der Waals surface area contributed by atoms with E-state index in [1.807, 2.05) is 0 Å². The predicted octanol–water partition coefficient (Wildman–Crippen LogP) is 2.61. The molecule has 2 aromatic rings. The normalized spacial score (nSPS) is 13.4. The molecule has 0 saturated carbocycles. The molecule has 0 aliphatic heterocycles. The number of hydrogen-bond donors (Lipinski definition) is 1. The van der Waals surface area contributed by atoms with Gasteiger partial charge in [0.15, 0.2) is 5.76 Å². The van der Waals surface area contributed by atoms with Gasteiger partial charge in [-0.05, 0) is 26.8 Å². The van der Waals surface area contributed by atoms with Gasteiger partial charge in [-0.2, -0.15) is 0 Å². The maximum absolute atomic E-state index is 13.7. The number of rotatable bonds is 4. The van der Waals surface area contributed by atoms with Gasteiger partial charge < -0.3 is 4.52 Å². The molecule has 5 nitrogen and oxygen atoms in total. The van der Waals surface area contributed by atoms with Crippen molar-refractivity contribution >= 4 is 10.0 Å². The second kappa shape index (κ2) is 5.53. The van der Waals surface area contributed by atoms with Crippen LogP contribution in [0.2, 0.25) is 0 Å². The van der Waals surface area contributed by atoms with Crippen LogP contribution in [-0.2, 0) is 10.0 Å². The number of benzene rings is 1. The lowest BCUT2D eigenvalue weighted by Gasteiger charge is -2.15. The Hall–Kier alpha value is -1.80. The lowest BCUT2D eigenvalue weighted by Crippen LogP contribution is -2.28. The highest BCUT2D eigenvalue weighted by atomic mass is 32.2. The second-order valence-electron chi connectivity index (χ2n) is 4.66. The molecule has 0 fully saturated rings. The van der Waals surface area contributed by atoms with Crippen LogP contribution < -0.4 is 4.72 Å². The van der Waals surface area contributed by atoms with Gasteiger partial charge >= 0.3 is 0 Å². The van der Waals surface area contributed by atoms with E-state index in [-0.39, 0.29) is 21.9 Å². The number of nitrogens with zero attached hydrogens (tertiary/aromatic N) is 1. The number of nitrogens with one attached hydrogen (secondary N) is 1. The van der Waals surface area contributed by atoms with Gasteiger partial charge in [-0.1, -0.05) is 11.2 Å². The van der Waals surface area contributed by atoms with Crippen molar-refractivity contribution in [3.63, 3.8) is 0 Å². The molecule has 0 amide bonds. The van der Waals surface area contributed by atoms with Crippen LogP contribution in [0.5, 0.6) is 0 Å². The summed E-state index contributed by atoms with van der Waals surface area (Å²) in [4.78, 5) is -0.0723. The number of halogens is 2. The van der Waals surface area contributed by atoms with Gasteiger partial charge in [0, 0.05) is 17.7 Å². The van der Waals surface area contributed by atoms with Crippen LogP contribution in [0, 0.1) is 25.5 Å². The first kappa shape index (κ1) is 15.6. The third kappa shape index (κ3) is 3.11. The molecule has 0 radical (unpaired) electrons. The third-order valence-electron chi connectivity index (χ3n) is 3.00. The van der Waals surface area contributed by atoms with Gasteiger partial charge in [-0.15, -0.1) is 0 Å². The summed E-state index contributed by atoms with van der Waals surface area (Å²) in [6.07, 6.45) is 0. The van der Waals surface area contributed by atoms with Crippen molar-refractivity contribution in [1.82, 2.24) is 9.88 Å². The molecular formula is C13H14F2N2O3S. The van der Waals surface area contributed by atoms with Crippen molar-refractivity contribution in [1.29, 1.82) is 0 Å². The Balaban J connectivity index is 2.32. The van der Waals surface area contributed by atoms with Crippen molar-refractivity contribution in [2.75, 3.05) is 0 Å². The van der Waals surface area contributed by atoms with Gasteiger partial charge in [-0.25, -0.2) is 21.9 Å². The second-order valence-corrected chi connectivity index (χ2v) is 6.31. The molecule has 0 aliphatic rings. The minimum absolute atomic E-state index is 0.0479. The van der Waals surface area contributed by atoms with Crippen LogP contribution in [-0.4, -0.2) is 13.6 Å². The Morgan fingerprint density at radius 1 is 1.29 bits per heavy atom. The molecule has 8 heteroatoms. The predicted molar refractivity (Wildman–Crippen MR) is 71.1 cm³/mol. The van der Waals surface area contributed by atoms with Crippen molar-refractivity contribution in [3.05, 3.63) is 46.9 Å². The molecule has 0 saturated heterocycles.